The Labute approximate surface area is 145 Å². The second kappa shape index (κ2) is 6.77. The van der Waals surface area contributed by atoms with E-state index < -0.39 is 0 Å². The Balaban J connectivity index is 2.01. The molecule has 2 nitrogen and oxygen atoms in total. The summed E-state index contributed by atoms with van der Waals surface area (Å²) in [6.45, 7) is 0. The molecule has 2 aromatic rings. The minimum absolute atomic E-state index is 0.247. The molecule has 1 unspecified atom stereocenters. The number of aryl methyl sites for hydroxylation is 1. The number of hydrogen-bond acceptors (Lipinski definition) is 2. The summed E-state index contributed by atoms with van der Waals surface area (Å²) in [7, 11) is 1.63. The molecule has 0 heterocycles. The van der Waals surface area contributed by atoms with Crippen LogP contribution in [0.25, 0.3) is 6.08 Å². The summed E-state index contributed by atoms with van der Waals surface area (Å²) in [5.74, 6) is 0.523. The van der Waals surface area contributed by atoms with Crippen molar-refractivity contribution in [3.8, 4) is 5.75 Å². The predicted octanol–water partition coefficient (Wildman–Crippen LogP) is 5.31. The standard InChI is InChI=1S/C19H16Cl2O2/c1-23-15-6-5-13-3-4-14(17(11-22)16(13)10-15)8-12-2-7-18(20)19(21)9-12/h2,5-11,17H,3-4H2,1H3. The van der Waals surface area contributed by atoms with Gasteiger partial charge in [0, 0.05) is 0 Å². The van der Waals surface area contributed by atoms with Crippen LogP contribution in [-0.4, -0.2) is 13.4 Å². The Morgan fingerprint density at radius 1 is 1.09 bits per heavy atom. The summed E-state index contributed by atoms with van der Waals surface area (Å²) in [4.78, 5) is 11.7. The van der Waals surface area contributed by atoms with Crippen molar-refractivity contribution in [2.45, 2.75) is 18.8 Å². The summed E-state index contributed by atoms with van der Waals surface area (Å²) in [5, 5.41) is 1.04. The molecular weight excluding hydrogens is 331 g/mol. The van der Waals surface area contributed by atoms with E-state index in [-0.39, 0.29) is 5.92 Å². The van der Waals surface area contributed by atoms with Crippen molar-refractivity contribution in [2.75, 3.05) is 7.11 Å². The van der Waals surface area contributed by atoms with Crippen molar-refractivity contribution in [2.24, 2.45) is 0 Å². The number of halogens is 2. The number of aldehydes is 1. The van der Waals surface area contributed by atoms with Crippen molar-refractivity contribution in [1.82, 2.24) is 0 Å². The van der Waals surface area contributed by atoms with E-state index in [1.807, 2.05) is 36.4 Å². The number of ether oxygens (including phenoxy) is 1. The van der Waals surface area contributed by atoms with Gasteiger partial charge in [-0.1, -0.05) is 47.0 Å². The molecule has 0 aliphatic heterocycles. The quantitative estimate of drug-likeness (QED) is 0.703. The zero-order chi connectivity index (χ0) is 16.4. The number of carbonyl (C=O) groups excluding carboxylic acids is 1. The normalized spacial score (nSPS) is 18.6. The molecule has 0 fully saturated rings. The predicted molar refractivity (Wildman–Crippen MR) is 94.6 cm³/mol. The van der Waals surface area contributed by atoms with Gasteiger partial charge in [-0.25, -0.2) is 0 Å². The third-order valence-corrected chi connectivity index (χ3v) is 4.94. The van der Waals surface area contributed by atoms with Crippen molar-refractivity contribution in [3.05, 3.63) is 68.7 Å². The van der Waals surface area contributed by atoms with Gasteiger partial charge in [0.05, 0.1) is 23.1 Å². The van der Waals surface area contributed by atoms with Crippen molar-refractivity contribution in [1.29, 1.82) is 0 Å². The molecule has 3 rings (SSSR count). The molecular formula is C19H16Cl2O2. The van der Waals surface area contributed by atoms with Crippen LogP contribution in [0.2, 0.25) is 10.0 Å². The molecule has 1 aliphatic rings. The Bertz CT molecular complexity index is 781. The first-order chi connectivity index (χ1) is 11.1. The van der Waals surface area contributed by atoms with Gasteiger partial charge in [-0.3, -0.25) is 0 Å². The van der Waals surface area contributed by atoms with Gasteiger partial charge < -0.3 is 9.53 Å². The van der Waals surface area contributed by atoms with Gasteiger partial charge in [-0.15, -0.1) is 0 Å². The highest BCUT2D eigenvalue weighted by molar-refractivity contribution is 6.42. The number of fused-ring (bicyclic) bond motifs is 1. The largest absolute Gasteiger partial charge is 0.497 e. The lowest BCUT2D eigenvalue weighted by Gasteiger charge is -2.25. The lowest BCUT2D eigenvalue weighted by molar-refractivity contribution is -0.108. The summed E-state index contributed by atoms with van der Waals surface area (Å²) >= 11 is 12.0. The first kappa shape index (κ1) is 16.1. The summed E-state index contributed by atoms with van der Waals surface area (Å²) in [6, 6.07) is 11.4. The maximum atomic E-state index is 11.7. The maximum absolute atomic E-state index is 11.7. The second-order valence-corrected chi connectivity index (χ2v) is 6.39. The first-order valence-electron chi connectivity index (χ1n) is 7.40. The topological polar surface area (TPSA) is 26.3 Å². The highest BCUT2D eigenvalue weighted by Gasteiger charge is 2.24. The third kappa shape index (κ3) is 3.29. The Morgan fingerprint density at radius 2 is 1.91 bits per heavy atom. The van der Waals surface area contributed by atoms with Gasteiger partial charge in [0.2, 0.25) is 0 Å². The highest BCUT2D eigenvalue weighted by atomic mass is 35.5. The minimum atomic E-state index is -0.247. The molecule has 1 aliphatic carbocycles. The number of rotatable bonds is 3. The fourth-order valence-corrected chi connectivity index (χ4v) is 3.30. The smallest absolute Gasteiger partial charge is 0.131 e. The molecule has 118 valence electrons. The molecule has 0 radical (unpaired) electrons. The van der Waals surface area contributed by atoms with Gasteiger partial charge in [0.15, 0.2) is 0 Å². The average Bonchev–Trinajstić information content (AvgIpc) is 2.57. The van der Waals surface area contributed by atoms with Crippen LogP contribution >= 0.6 is 23.2 Å². The van der Waals surface area contributed by atoms with Gasteiger partial charge >= 0.3 is 0 Å². The van der Waals surface area contributed by atoms with E-state index in [1.165, 1.54) is 5.56 Å². The monoisotopic (exact) mass is 346 g/mol. The molecule has 2 aromatic carbocycles. The first-order valence-corrected chi connectivity index (χ1v) is 8.15. The number of hydrogen-bond donors (Lipinski definition) is 0. The van der Waals surface area contributed by atoms with Crippen LogP contribution in [0.1, 0.15) is 29.0 Å². The van der Waals surface area contributed by atoms with Crippen molar-refractivity contribution >= 4 is 35.6 Å². The molecule has 0 bridgehead atoms. The zero-order valence-electron chi connectivity index (χ0n) is 12.7. The number of carbonyl (C=O) groups is 1. The third-order valence-electron chi connectivity index (χ3n) is 4.20. The van der Waals surface area contributed by atoms with Gasteiger partial charge in [0.1, 0.15) is 12.0 Å². The van der Waals surface area contributed by atoms with Crippen LogP contribution in [0.3, 0.4) is 0 Å². The average molecular weight is 347 g/mol. The fraction of sp³-hybridized carbons (Fsp3) is 0.211. The van der Waals surface area contributed by atoms with Gasteiger partial charge in [-0.2, -0.15) is 0 Å². The number of benzene rings is 2. The van der Waals surface area contributed by atoms with Crippen LogP contribution in [0.15, 0.2) is 42.0 Å². The molecule has 1 atom stereocenters. The van der Waals surface area contributed by atoms with Crippen LogP contribution in [0, 0.1) is 0 Å². The molecule has 0 N–H and O–H groups in total. The maximum Gasteiger partial charge on any atom is 0.131 e. The molecule has 0 spiro atoms. The van der Waals surface area contributed by atoms with Crippen LogP contribution in [-0.2, 0) is 11.2 Å². The number of allylic oxidation sites excluding steroid dienone is 1. The lowest BCUT2D eigenvalue weighted by atomic mass is 9.79. The van der Waals surface area contributed by atoms with E-state index in [1.54, 1.807) is 13.2 Å². The van der Waals surface area contributed by atoms with Gasteiger partial charge in [-0.05, 0) is 53.8 Å². The van der Waals surface area contributed by atoms with Crippen LogP contribution < -0.4 is 4.74 Å². The van der Waals surface area contributed by atoms with Crippen molar-refractivity contribution in [3.63, 3.8) is 0 Å². The Kier molecular flexibility index (Phi) is 4.74. The van der Waals surface area contributed by atoms with E-state index in [4.69, 9.17) is 27.9 Å². The molecule has 4 heteroatoms. The highest BCUT2D eigenvalue weighted by Crippen LogP contribution is 2.37. The Morgan fingerprint density at radius 3 is 2.61 bits per heavy atom. The van der Waals surface area contributed by atoms with Crippen molar-refractivity contribution < 1.29 is 9.53 Å². The molecule has 0 aromatic heterocycles. The fourth-order valence-electron chi connectivity index (χ4n) is 2.99. The summed E-state index contributed by atoms with van der Waals surface area (Å²) in [5.41, 5.74) is 4.26. The van der Waals surface area contributed by atoms with E-state index in [0.717, 1.165) is 41.6 Å². The summed E-state index contributed by atoms with van der Waals surface area (Å²) < 4.78 is 5.29. The van der Waals surface area contributed by atoms with Gasteiger partial charge in [0.25, 0.3) is 0 Å². The molecule has 0 amide bonds. The van der Waals surface area contributed by atoms with E-state index in [0.29, 0.717) is 10.0 Å². The minimum Gasteiger partial charge on any atom is -0.497 e. The second-order valence-electron chi connectivity index (χ2n) is 5.57. The van der Waals surface area contributed by atoms with Crippen LogP contribution in [0.5, 0.6) is 5.75 Å². The SMILES string of the molecule is COc1ccc2c(c1)C(C=O)C(=Cc1ccc(Cl)c(Cl)c1)CC2. The molecule has 0 saturated carbocycles. The van der Waals surface area contributed by atoms with E-state index in [2.05, 4.69) is 0 Å². The Hall–Kier alpha value is -1.77. The van der Waals surface area contributed by atoms with E-state index >= 15 is 0 Å². The molecule has 0 saturated heterocycles. The van der Waals surface area contributed by atoms with E-state index in [9.17, 15) is 4.79 Å². The summed E-state index contributed by atoms with van der Waals surface area (Å²) in [6.07, 6.45) is 4.80. The molecule has 23 heavy (non-hydrogen) atoms. The zero-order valence-corrected chi connectivity index (χ0v) is 14.2. The number of methoxy groups -OCH3 is 1. The lowest BCUT2D eigenvalue weighted by Crippen LogP contribution is -2.14. The van der Waals surface area contributed by atoms with Crippen LogP contribution in [0.4, 0.5) is 0 Å².